The molecule has 1 heterocycles. The molecule has 1 aliphatic heterocycles. The zero-order chi connectivity index (χ0) is 13.9. The van der Waals surface area contributed by atoms with Crippen LogP contribution in [0, 0.1) is 5.92 Å². The van der Waals surface area contributed by atoms with E-state index in [4.69, 9.17) is 9.47 Å². The molecule has 0 aliphatic carbocycles. The second kappa shape index (κ2) is 9.81. The van der Waals surface area contributed by atoms with Gasteiger partial charge in [-0.15, -0.1) is 6.58 Å². The summed E-state index contributed by atoms with van der Waals surface area (Å²) in [5, 5.41) is 3.32. The van der Waals surface area contributed by atoms with E-state index in [1.54, 1.807) is 7.11 Å². The third-order valence-corrected chi connectivity index (χ3v) is 3.08. The fraction of sp³-hybridized carbons (Fsp3) is 0.786. The van der Waals surface area contributed by atoms with Crippen LogP contribution in [-0.4, -0.2) is 64.0 Å². The Morgan fingerprint density at radius 1 is 1.53 bits per heavy atom. The molecule has 1 saturated heterocycles. The molecule has 0 spiro atoms. The van der Waals surface area contributed by atoms with Crippen LogP contribution in [0.5, 0.6) is 0 Å². The van der Waals surface area contributed by atoms with Crippen LogP contribution in [-0.2, 0) is 9.47 Å². The monoisotopic (exact) mass is 269 g/mol. The number of guanidine groups is 1. The first-order chi connectivity index (χ1) is 9.31. The predicted molar refractivity (Wildman–Crippen MR) is 78.6 cm³/mol. The van der Waals surface area contributed by atoms with Crippen molar-refractivity contribution in [2.45, 2.75) is 13.3 Å². The molecule has 1 atom stereocenters. The molecule has 0 bridgehead atoms. The number of aliphatic imine (C=N–C) groups is 1. The molecule has 1 aliphatic rings. The standard InChI is InChI=1S/C14H27N3O2/c1-4-7-16-14(15-5-2)17-8-6-13(11-17)12-19-10-9-18-3/h4,13H,1,5-12H2,2-3H3,(H,15,16). The van der Waals surface area contributed by atoms with E-state index in [9.17, 15) is 0 Å². The molecule has 0 amide bonds. The molecule has 1 fully saturated rings. The number of hydrogen-bond donors (Lipinski definition) is 1. The predicted octanol–water partition coefficient (Wildman–Crippen LogP) is 1.12. The molecule has 110 valence electrons. The molecular weight excluding hydrogens is 242 g/mol. The van der Waals surface area contributed by atoms with Crippen LogP contribution in [0.25, 0.3) is 0 Å². The zero-order valence-electron chi connectivity index (χ0n) is 12.2. The Kier molecular flexibility index (Phi) is 8.25. The van der Waals surface area contributed by atoms with Crippen LogP contribution < -0.4 is 5.32 Å². The Hall–Kier alpha value is -1.07. The summed E-state index contributed by atoms with van der Waals surface area (Å²) in [7, 11) is 1.69. The topological polar surface area (TPSA) is 46.1 Å². The number of ether oxygens (including phenoxy) is 2. The lowest BCUT2D eigenvalue weighted by atomic mass is 10.1. The lowest BCUT2D eigenvalue weighted by Gasteiger charge is -2.21. The highest BCUT2D eigenvalue weighted by molar-refractivity contribution is 5.80. The molecule has 5 heteroatoms. The minimum absolute atomic E-state index is 0.587. The summed E-state index contributed by atoms with van der Waals surface area (Å²) in [5.41, 5.74) is 0. The molecule has 0 aromatic heterocycles. The third-order valence-electron chi connectivity index (χ3n) is 3.08. The molecule has 5 nitrogen and oxygen atoms in total. The zero-order valence-corrected chi connectivity index (χ0v) is 12.2. The Labute approximate surface area is 116 Å². The number of hydrogen-bond acceptors (Lipinski definition) is 3. The van der Waals surface area contributed by atoms with Gasteiger partial charge in [-0.1, -0.05) is 6.08 Å². The van der Waals surface area contributed by atoms with Gasteiger partial charge in [-0.3, -0.25) is 0 Å². The van der Waals surface area contributed by atoms with Gasteiger partial charge in [0.1, 0.15) is 0 Å². The number of rotatable bonds is 8. The summed E-state index contributed by atoms with van der Waals surface area (Å²) < 4.78 is 10.6. The average molecular weight is 269 g/mol. The van der Waals surface area contributed by atoms with E-state index in [2.05, 4.69) is 28.7 Å². The second-order valence-electron chi connectivity index (χ2n) is 4.65. The minimum atomic E-state index is 0.587. The fourth-order valence-electron chi connectivity index (χ4n) is 2.13. The minimum Gasteiger partial charge on any atom is -0.382 e. The third kappa shape index (κ3) is 6.07. The highest BCUT2D eigenvalue weighted by Gasteiger charge is 2.24. The summed E-state index contributed by atoms with van der Waals surface area (Å²) in [5.74, 6) is 1.58. The molecule has 1 unspecified atom stereocenters. The van der Waals surface area contributed by atoms with Gasteiger partial charge < -0.3 is 19.7 Å². The largest absolute Gasteiger partial charge is 0.382 e. The van der Waals surface area contributed by atoms with E-state index in [0.29, 0.717) is 25.7 Å². The van der Waals surface area contributed by atoms with E-state index >= 15 is 0 Å². The van der Waals surface area contributed by atoms with Crippen LogP contribution in [0.4, 0.5) is 0 Å². The highest BCUT2D eigenvalue weighted by Crippen LogP contribution is 2.16. The fourth-order valence-corrected chi connectivity index (χ4v) is 2.13. The number of methoxy groups -OCH3 is 1. The smallest absolute Gasteiger partial charge is 0.194 e. The lowest BCUT2D eigenvalue weighted by molar-refractivity contribution is 0.0536. The van der Waals surface area contributed by atoms with E-state index in [1.165, 1.54) is 0 Å². The normalized spacial score (nSPS) is 19.8. The van der Waals surface area contributed by atoms with Crippen molar-refractivity contribution in [2.75, 3.05) is 53.1 Å². The van der Waals surface area contributed by atoms with Gasteiger partial charge in [0.15, 0.2) is 5.96 Å². The van der Waals surface area contributed by atoms with Crippen LogP contribution in [0.15, 0.2) is 17.6 Å². The highest BCUT2D eigenvalue weighted by atomic mass is 16.5. The van der Waals surface area contributed by atoms with Crippen molar-refractivity contribution in [3.05, 3.63) is 12.7 Å². The van der Waals surface area contributed by atoms with Crippen LogP contribution in [0.3, 0.4) is 0 Å². The Bertz CT molecular complexity index is 282. The molecular formula is C14H27N3O2. The summed E-state index contributed by atoms with van der Waals surface area (Å²) in [6, 6.07) is 0. The molecule has 1 N–H and O–H groups in total. The summed E-state index contributed by atoms with van der Waals surface area (Å²) >= 11 is 0. The molecule has 0 aromatic carbocycles. The van der Waals surface area contributed by atoms with Crippen molar-refractivity contribution in [1.29, 1.82) is 0 Å². The van der Waals surface area contributed by atoms with E-state index < -0.39 is 0 Å². The van der Waals surface area contributed by atoms with Gasteiger partial charge in [-0.25, -0.2) is 4.99 Å². The second-order valence-corrected chi connectivity index (χ2v) is 4.65. The number of likely N-dealkylation sites (tertiary alicyclic amines) is 1. The number of nitrogens with one attached hydrogen (secondary N) is 1. The molecule has 1 rings (SSSR count). The van der Waals surface area contributed by atoms with Gasteiger partial charge in [0.2, 0.25) is 0 Å². The van der Waals surface area contributed by atoms with Crippen molar-refractivity contribution in [2.24, 2.45) is 10.9 Å². The Balaban J connectivity index is 2.33. The Morgan fingerprint density at radius 2 is 2.37 bits per heavy atom. The van der Waals surface area contributed by atoms with Crippen molar-refractivity contribution >= 4 is 5.96 Å². The van der Waals surface area contributed by atoms with Gasteiger partial charge in [0.05, 0.1) is 26.4 Å². The van der Waals surface area contributed by atoms with Crippen molar-refractivity contribution < 1.29 is 9.47 Å². The van der Waals surface area contributed by atoms with E-state index in [1.807, 2.05) is 6.08 Å². The first-order valence-corrected chi connectivity index (χ1v) is 7.02. The molecule has 0 aromatic rings. The quantitative estimate of drug-likeness (QED) is 0.310. The summed E-state index contributed by atoms with van der Waals surface area (Å²) in [6.07, 6.45) is 2.98. The molecule has 19 heavy (non-hydrogen) atoms. The van der Waals surface area contributed by atoms with Crippen LogP contribution >= 0.6 is 0 Å². The lowest BCUT2D eigenvalue weighted by Crippen LogP contribution is -2.40. The first-order valence-electron chi connectivity index (χ1n) is 7.02. The molecule has 0 radical (unpaired) electrons. The summed E-state index contributed by atoms with van der Waals surface area (Å²) in [4.78, 5) is 6.81. The molecule has 0 saturated carbocycles. The van der Waals surface area contributed by atoms with Crippen molar-refractivity contribution in [3.8, 4) is 0 Å². The van der Waals surface area contributed by atoms with Gasteiger partial charge in [-0.05, 0) is 13.3 Å². The van der Waals surface area contributed by atoms with Crippen LogP contribution in [0.1, 0.15) is 13.3 Å². The van der Waals surface area contributed by atoms with E-state index in [0.717, 1.165) is 38.6 Å². The maximum absolute atomic E-state index is 5.60. The Morgan fingerprint density at radius 3 is 3.05 bits per heavy atom. The maximum atomic E-state index is 5.60. The van der Waals surface area contributed by atoms with Crippen molar-refractivity contribution in [1.82, 2.24) is 10.2 Å². The number of nitrogens with zero attached hydrogens (tertiary/aromatic N) is 2. The van der Waals surface area contributed by atoms with E-state index in [-0.39, 0.29) is 0 Å². The van der Waals surface area contributed by atoms with Gasteiger partial charge >= 0.3 is 0 Å². The van der Waals surface area contributed by atoms with Gasteiger partial charge in [0.25, 0.3) is 0 Å². The van der Waals surface area contributed by atoms with Gasteiger partial charge in [-0.2, -0.15) is 0 Å². The van der Waals surface area contributed by atoms with Crippen LogP contribution in [0.2, 0.25) is 0 Å². The summed E-state index contributed by atoms with van der Waals surface area (Å²) in [6.45, 7) is 11.5. The SMILES string of the molecule is C=CCN=C(NCC)N1CCC(COCCOC)C1. The first kappa shape index (κ1) is 16.0. The maximum Gasteiger partial charge on any atom is 0.194 e. The van der Waals surface area contributed by atoms with Gasteiger partial charge in [0, 0.05) is 32.7 Å². The average Bonchev–Trinajstić information content (AvgIpc) is 2.88. The van der Waals surface area contributed by atoms with Crippen molar-refractivity contribution in [3.63, 3.8) is 0 Å².